The standard InChI is InChI=1S/C24H20N2O2/c1-16(27)25-20-9-6-17(7-10-20)8-13-24(28)26-21-11-12-23-19(15-21)14-18-4-2-3-5-22(18)23/h2-13,15H,14H2,1H3,(H,25,27)(H,26,28)/b13-8+. The van der Waals surface area contributed by atoms with E-state index in [0.29, 0.717) is 0 Å². The van der Waals surface area contributed by atoms with Crippen molar-refractivity contribution in [2.75, 3.05) is 10.6 Å². The van der Waals surface area contributed by atoms with Crippen molar-refractivity contribution in [2.45, 2.75) is 13.3 Å². The second-order valence-electron chi connectivity index (χ2n) is 6.83. The molecule has 0 bridgehead atoms. The van der Waals surface area contributed by atoms with Crippen LogP contribution in [-0.4, -0.2) is 11.8 Å². The number of carbonyl (C=O) groups excluding carboxylic acids is 2. The summed E-state index contributed by atoms with van der Waals surface area (Å²) in [6.45, 7) is 1.47. The van der Waals surface area contributed by atoms with Crippen molar-refractivity contribution in [3.05, 3.63) is 89.5 Å². The zero-order valence-corrected chi connectivity index (χ0v) is 15.5. The first-order valence-electron chi connectivity index (χ1n) is 9.16. The van der Waals surface area contributed by atoms with Crippen molar-refractivity contribution in [3.8, 4) is 11.1 Å². The zero-order valence-electron chi connectivity index (χ0n) is 15.5. The van der Waals surface area contributed by atoms with Gasteiger partial charge in [0, 0.05) is 24.4 Å². The van der Waals surface area contributed by atoms with Crippen molar-refractivity contribution in [2.24, 2.45) is 0 Å². The van der Waals surface area contributed by atoms with Crippen molar-refractivity contribution in [3.63, 3.8) is 0 Å². The molecular formula is C24H20N2O2. The van der Waals surface area contributed by atoms with E-state index in [9.17, 15) is 9.59 Å². The lowest BCUT2D eigenvalue weighted by molar-refractivity contribution is -0.114. The Morgan fingerprint density at radius 1 is 0.821 bits per heavy atom. The number of benzene rings is 3. The molecule has 0 unspecified atom stereocenters. The molecule has 0 spiro atoms. The smallest absolute Gasteiger partial charge is 0.248 e. The maximum absolute atomic E-state index is 12.3. The van der Waals surface area contributed by atoms with E-state index < -0.39 is 0 Å². The first kappa shape index (κ1) is 17.7. The summed E-state index contributed by atoms with van der Waals surface area (Å²) in [5.41, 5.74) is 7.48. The van der Waals surface area contributed by atoms with Crippen molar-refractivity contribution < 1.29 is 9.59 Å². The number of fused-ring (bicyclic) bond motifs is 3. The summed E-state index contributed by atoms with van der Waals surface area (Å²) in [7, 11) is 0. The molecule has 3 aromatic carbocycles. The van der Waals surface area contributed by atoms with Crippen LogP contribution in [0.2, 0.25) is 0 Å². The van der Waals surface area contributed by atoms with Crippen LogP contribution in [0.5, 0.6) is 0 Å². The Kier molecular flexibility index (Phi) is 4.77. The molecule has 1 aliphatic carbocycles. The van der Waals surface area contributed by atoms with Gasteiger partial charge in [0.25, 0.3) is 0 Å². The highest BCUT2D eigenvalue weighted by Gasteiger charge is 2.17. The molecule has 1 aliphatic rings. The van der Waals surface area contributed by atoms with Crippen LogP contribution in [0.25, 0.3) is 17.2 Å². The topological polar surface area (TPSA) is 58.2 Å². The Morgan fingerprint density at radius 3 is 2.32 bits per heavy atom. The van der Waals surface area contributed by atoms with Crippen LogP contribution in [0.1, 0.15) is 23.6 Å². The molecular weight excluding hydrogens is 348 g/mol. The number of hydrogen-bond donors (Lipinski definition) is 2. The monoisotopic (exact) mass is 368 g/mol. The van der Waals surface area contributed by atoms with Gasteiger partial charge in [-0.25, -0.2) is 0 Å². The van der Waals surface area contributed by atoms with Gasteiger partial charge >= 0.3 is 0 Å². The second kappa shape index (κ2) is 7.53. The fourth-order valence-corrected chi connectivity index (χ4v) is 3.46. The third-order valence-corrected chi connectivity index (χ3v) is 4.72. The maximum atomic E-state index is 12.3. The summed E-state index contributed by atoms with van der Waals surface area (Å²) >= 11 is 0. The van der Waals surface area contributed by atoms with Gasteiger partial charge in [-0.05, 0) is 64.6 Å². The first-order chi connectivity index (χ1) is 13.6. The lowest BCUT2D eigenvalue weighted by Gasteiger charge is -2.06. The predicted molar refractivity (Wildman–Crippen MR) is 113 cm³/mol. The van der Waals surface area contributed by atoms with Gasteiger partial charge in [-0.3, -0.25) is 9.59 Å². The average molecular weight is 368 g/mol. The molecule has 0 saturated carbocycles. The average Bonchev–Trinajstić information content (AvgIpc) is 3.05. The number of hydrogen-bond acceptors (Lipinski definition) is 2. The molecule has 0 aliphatic heterocycles. The van der Waals surface area contributed by atoms with Crippen LogP contribution in [-0.2, 0) is 16.0 Å². The van der Waals surface area contributed by atoms with Crippen LogP contribution in [0.4, 0.5) is 11.4 Å². The minimum absolute atomic E-state index is 0.111. The molecule has 4 heteroatoms. The Labute approximate surface area is 163 Å². The molecule has 2 amide bonds. The summed E-state index contributed by atoms with van der Waals surface area (Å²) < 4.78 is 0. The SMILES string of the molecule is CC(=O)Nc1ccc(/C=C/C(=O)Nc2ccc3c(c2)Cc2ccccc2-3)cc1. The summed E-state index contributed by atoms with van der Waals surface area (Å²) in [6.07, 6.45) is 4.15. The Balaban J connectivity index is 1.41. The summed E-state index contributed by atoms with van der Waals surface area (Å²) in [6, 6.07) is 21.8. The number of carbonyl (C=O) groups is 2. The molecule has 28 heavy (non-hydrogen) atoms. The van der Waals surface area contributed by atoms with E-state index in [2.05, 4.69) is 41.0 Å². The minimum Gasteiger partial charge on any atom is -0.326 e. The molecule has 0 heterocycles. The molecule has 0 fully saturated rings. The number of nitrogens with one attached hydrogen (secondary N) is 2. The van der Waals surface area contributed by atoms with Crippen molar-refractivity contribution in [1.29, 1.82) is 0 Å². The van der Waals surface area contributed by atoms with Gasteiger partial charge in [-0.15, -0.1) is 0 Å². The molecule has 0 radical (unpaired) electrons. The summed E-state index contributed by atoms with van der Waals surface area (Å²) in [5, 5.41) is 5.64. The fraction of sp³-hybridized carbons (Fsp3) is 0.0833. The van der Waals surface area contributed by atoms with Gasteiger partial charge < -0.3 is 10.6 Å². The second-order valence-corrected chi connectivity index (χ2v) is 6.83. The third-order valence-electron chi connectivity index (χ3n) is 4.72. The van der Waals surface area contributed by atoms with E-state index >= 15 is 0 Å². The largest absolute Gasteiger partial charge is 0.326 e. The third kappa shape index (κ3) is 3.86. The molecule has 4 nitrogen and oxygen atoms in total. The van der Waals surface area contributed by atoms with Gasteiger partial charge in [0.1, 0.15) is 0 Å². The molecule has 0 atom stereocenters. The lowest BCUT2D eigenvalue weighted by Crippen LogP contribution is -2.08. The van der Waals surface area contributed by atoms with Crippen LogP contribution in [0, 0.1) is 0 Å². The Hall–Kier alpha value is -3.66. The Bertz CT molecular complexity index is 1080. The normalized spacial score (nSPS) is 11.8. The van der Waals surface area contributed by atoms with Gasteiger partial charge in [0.05, 0.1) is 0 Å². The van der Waals surface area contributed by atoms with Crippen LogP contribution in [0.15, 0.2) is 72.8 Å². The number of amides is 2. The number of rotatable bonds is 4. The van der Waals surface area contributed by atoms with Gasteiger partial charge in [0.15, 0.2) is 0 Å². The van der Waals surface area contributed by atoms with E-state index in [1.54, 1.807) is 18.2 Å². The highest BCUT2D eigenvalue weighted by atomic mass is 16.2. The first-order valence-corrected chi connectivity index (χ1v) is 9.16. The van der Waals surface area contributed by atoms with Crippen LogP contribution < -0.4 is 10.6 Å². The van der Waals surface area contributed by atoms with E-state index in [1.165, 1.54) is 35.3 Å². The molecule has 0 saturated heterocycles. The molecule has 2 N–H and O–H groups in total. The van der Waals surface area contributed by atoms with Crippen molar-refractivity contribution in [1.82, 2.24) is 0 Å². The highest BCUT2D eigenvalue weighted by Crippen LogP contribution is 2.37. The molecule has 138 valence electrons. The zero-order chi connectivity index (χ0) is 19.5. The van der Waals surface area contributed by atoms with Gasteiger partial charge in [-0.1, -0.05) is 42.5 Å². The van der Waals surface area contributed by atoms with E-state index in [-0.39, 0.29) is 11.8 Å². The van der Waals surface area contributed by atoms with Crippen LogP contribution >= 0.6 is 0 Å². The van der Waals surface area contributed by atoms with Crippen molar-refractivity contribution >= 4 is 29.3 Å². The fourth-order valence-electron chi connectivity index (χ4n) is 3.46. The quantitative estimate of drug-likeness (QED) is 0.505. The van der Waals surface area contributed by atoms with Gasteiger partial charge in [0.2, 0.25) is 11.8 Å². The number of anilines is 2. The maximum Gasteiger partial charge on any atom is 0.248 e. The Morgan fingerprint density at radius 2 is 1.54 bits per heavy atom. The van der Waals surface area contributed by atoms with E-state index in [4.69, 9.17) is 0 Å². The van der Waals surface area contributed by atoms with Crippen LogP contribution in [0.3, 0.4) is 0 Å². The van der Waals surface area contributed by atoms with E-state index in [1.807, 2.05) is 24.3 Å². The predicted octanol–water partition coefficient (Wildman–Crippen LogP) is 4.87. The molecule has 0 aromatic heterocycles. The minimum atomic E-state index is -0.179. The summed E-state index contributed by atoms with van der Waals surface area (Å²) in [5.74, 6) is -0.290. The van der Waals surface area contributed by atoms with Gasteiger partial charge in [-0.2, -0.15) is 0 Å². The van der Waals surface area contributed by atoms with E-state index in [0.717, 1.165) is 23.4 Å². The lowest BCUT2D eigenvalue weighted by atomic mass is 10.1. The molecule has 4 rings (SSSR count). The summed E-state index contributed by atoms with van der Waals surface area (Å²) in [4.78, 5) is 23.3. The molecule has 3 aromatic rings. The highest BCUT2D eigenvalue weighted by molar-refractivity contribution is 6.02.